The average molecular weight is 452 g/mol. The van der Waals surface area contributed by atoms with Gasteiger partial charge in [0.1, 0.15) is 22.4 Å². The molecule has 9 nitrogen and oxygen atoms in total. The van der Waals surface area contributed by atoms with Crippen molar-refractivity contribution in [2.45, 2.75) is 24.1 Å². The molecule has 0 spiro atoms. The van der Waals surface area contributed by atoms with Crippen LogP contribution in [0.5, 0.6) is 5.88 Å². The lowest BCUT2D eigenvalue weighted by molar-refractivity contribution is 0.0949. The molecule has 1 aromatic carbocycles. The van der Waals surface area contributed by atoms with Gasteiger partial charge in [0.25, 0.3) is 11.5 Å². The number of aryl methyl sites for hydroxylation is 1. The van der Waals surface area contributed by atoms with E-state index in [0.29, 0.717) is 29.3 Å². The highest BCUT2D eigenvalue weighted by Crippen LogP contribution is 2.41. The second-order valence-electron chi connectivity index (χ2n) is 7.69. The normalized spacial score (nSPS) is 15.0. The van der Waals surface area contributed by atoms with Gasteiger partial charge in [-0.3, -0.25) is 9.59 Å². The fourth-order valence-electron chi connectivity index (χ4n) is 3.35. The van der Waals surface area contributed by atoms with Crippen LogP contribution in [-0.4, -0.2) is 35.6 Å². The van der Waals surface area contributed by atoms with Crippen LogP contribution in [0.4, 0.5) is 0 Å². The molecule has 1 saturated carbocycles. The Bertz CT molecular complexity index is 1320. The summed E-state index contributed by atoms with van der Waals surface area (Å²) in [5.41, 5.74) is 1.18. The molecule has 2 aromatic heterocycles. The second-order valence-corrected chi connectivity index (χ2v) is 9.05. The minimum Gasteiger partial charge on any atom is -0.474 e. The Kier molecular flexibility index (Phi) is 5.78. The van der Waals surface area contributed by atoms with E-state index < -0.39 is 27.3 Å². The van der Waals surface area contributed by atoms with Crippen LogP contribution in [0.25, 0.3) is 10.9 Å². The van der Waals surface area contributed by atoms with Gasteiger partial charge in [-0.1, -0.05) is 12.1 Å². The minimum absolute atomic E-state index is 0.0171. The lowest BCUT2D eigenvalue weighted by atomic mass is 10.1. The topological polar surface area (TPSA) is 134 Å². The SMILES string of the molecule is Cn1c(=O)c(C(=O)NCc2ccc(C#N)cc2)cc2ccnc(OCC3(S(=O)O)CC3)c21. The van der Waals surface area contributed by atoms with Crippen LogP contribution >= 0.6 is 0 Å². The molecule has 1 amide bonds. The van der Waals surface area contributed by atoms with Gasteiger partial charge in [-0.25, -0.2) is 9.19 Å². The van der Waals surface area contributed by atoms with Crippen molar-refractivity contribution in [2.24, 2.45) is 7.05 Å². The van der Waals surface area contributed by atoms with Gasteiger partial charge in [0, 0.05) is 25.2 Å². The summed E-state index contributed by atoms with van der Waals surface area (Å²) in [6.45, 7) is 0.222. The van der Waals surface area contributed by atoms with Gasteiger partial charge in [-0.15, -0.1) is 0 Å². The van der Waals surface area contributed by atoms with Crippen LogP contribution in [0.3, 0.4) is 0 Å². The molecule has 2 N–H and O–H groups in total. The number of pyridine rings is 2. The van der Waals surface area contributed by atoms with Crippen molar-refractivity contribution in [3.63, 3.8) is 0 Å². The Morgan fingerprint density at radius 1 is 1.34 bits per heavy atom. The molecule has 1 unspecified atom stereocenters. The van der Waals surface area contributed by atoms with Crippen LogP contribution in [0.15, 0.2) is 47.4 Å². The number of hydrogen-bond acceptors (Lipinski definition) is 6. The monoisotopic (exact) mass is 452 g/mol. The van der Waals surface area contributed by atoms with E-state index in [0.717, 1.165) is 5.56 Å². The molecular formula is C22H20N4O5S. The second kappa shape index (κ2) is 8.53. The molecule has 1 aliphatic rings. The van der Waals surface area contributed by atoms with Crippen LogP contribution in [0.1, 0.15) is 34.3 Å². The number of carbonyl (C=O) groups is 1. The van der Waals surface area contributed by atoms with Crippen molar-refractivity contribution >= 4 is 27.9 Å². The number of nitriles is 1. The smallest absolute Gasteiger partial charge is 0.263 e. The number of rotatable bonds is 7. The van der Waals surface area contributed by atoms with E-state index in [1.807, 2.05) is 6.07 Å². The number of benzene rings is 1. The first-order valence-electron chi connectivity index (χ1n) is 9.84. The van der Waals surface area contributed by atoms with Gasteiger partial charge < -0.3 is 19.2 Å². The largest absolute Gasteiger partial charge is 0.474 e. The first-order valence-corrected chi connectivity index (χ1v) is 10.9. The van der Waals surface area contributed by atoms with E-state index in [2.05, 4.69) is 10.3 Å². The lowest BCUT2D eigenvalue weighted by Crippen LogP contribution is -2.32. The summed E-state index contributed by atoms with van der Waals surface area (Å²) in [6, 6.07) is 12.0. The highest BCUT2D eigenvalue weighted by molar-refractivity contribution is 7.81. The van der Waals surface area contributed by atoms with E-state index >= 15 is 0 Å². The summed E-state index contributed by atoms with van der Waals surface area (Å²) in [7, 11) is 1.52. The maximum Gasteiger partial charge on any atom is 0.263 e. The van der Waals surface area contributed by atoms with E-state index in [1.165, 1.54) is 23.9 Å². The molecule has 0 bridgehead atoms. The third-order valence-electron chi connectivity index (χ3n) is 5.52. The average Bonchev–Trinajstić information content (AvgIpc) is 3.60. The summed E-state index contributed by atoms with van der Waals surface area (Å²) in [5, 5.41) is 12.2. The van der Waals surface area contributed by atoms with Crippen molar-refractivity contribution in [3.8, 4) is 11.9 Å². The quantitative estimate of drug-likeness (QED) is 0.523. The number of aromatic nitrogens is 2. The molecular weight excluding hydrogens is 432 g/mol. The third kappa shape index (κ3) is 4.12. The maximum atomic E-state index is 12.9. The van der Waals surface area contributed by atoms with Gasteiger partial charge in [-0.05, 0) is 42.7 Å². The Labute approximate surface area is 185 Å². The van der Waals surface area contributed by atoms with Crippen molar-refractivity contribution in [1.82, 2.24) is 14.9 Å². The number of nitrogens with zero attached hydrogens (tertiary/aromatic N) is 3. The summed E-state index contributed by atoms with van der Waals surface area (Å²) in [6.07, 6.45) is 2.67. The lowest BCUT2D eigenvalue weighted by Gasteiger charge is -2.15. The summed E-state index contributed by atoms with van der Waals surface area (Å²) in [4.78, 5) is 29.8. The van der Waals surface area contributed by atoms with Crippen molar-refractivity contribution < 1.29 is 18.3 Å². The van der Waals surface area contributed by atoms with Crippen molar-refractivity contribution in [2.75, 3.05) is 6.61 Å². The van der Waals surface area contributed by atoms with E-state index in [-0.39, 0.29) is 24.6 Å². The Morgan fingerprint density at radius 3 is 2.69 bits per heavy atom. The predicted octanol–water partition coefficient (Wildman–Crippen LogP) is 1.87. The van der Waals surface area contributed by atoms with Crippen LogP contribution < -0.4 is 15.6 Å². The minimum atomic E-state index is -2.00. The molecule has 4 rings (SSSR count). The maximum absolute atomic E-state index is 12.9. The summed E-state index contributed by atoms with van der Waals surface area (Å²) >= 11 is -2.00. The molecule has 0 saturated heterocycles. The van der Waals surface area contributed by atoms with Gasteiger partial charge in [0.15, 0.2) is 11.1 Å². The number of carbonyl (C=O) groups excluding carboxylic acids is 1. The molecule has 1 fully saturated rings. The van der Waals surface area contributed by atoms with E-state index in [1.54, 1.807) is 30.3 Å². The van der Waals surface area contributed by atoms with Gasteiger partial charge in [0.2, 0.25) is 5.88 Å². The third-order valence-corrected chi connectivity index (χ3v) is 6.79. The predicted molar refractivity (Wildman–Crippen MR) is 118 cm³/mol. The molecule has 164 valence electrons. The zero-order valence-corrected chi connectivity index (χ0v) is 18.0. The number of hydrogen-bond donors (Lipinski definition) is 2. The first kappa shape index (κ1) is 21.7. The van der Waals surface area contributed by atoms with Crippen LogP contribution in [-0.2, 0) is 24.7 Å². The molecule has 10 heteroatoms. The summed E-state index contributed by atoms with van der Waals surface area (Å²) in [5.74, 6) is -0.355. The zero-order chi connectivity index (χ0) is 22.9. The standard InChI is InChI=1S/C22H20N4O5S/c1-26-18-16(6-9-24-20(18)31-13-22(7-8-22)32(29)30)10-17(21(26)28)19(27)25-12-15-4-2-14(11-23)3-5-15/h2-6,9-10H,7-8,12-13H2,1H3,(H,25,27)(H,29,30). The number of nitrogens with one attached hydrogen (secondary N) is 1. The fraction of sp³-hybridized carbons (Fsp3) is 0.273. The Balaban J connectivity index is 1.57. The zero-order valence-electron chi connectivity index (χ0n) is 17.2. The van der Waals surface area contributed by atoms with Gasteiger partial charge in [-0.2, -0.15) is 5.26 Å². The van der Waals surface area contributed by atoms with E-state index in [4.69, 9.17) is 10.00 Å². The molecule has 0 radical (unpaired) electrons. The highest BCUT2D eigenvalue weighted by Gasteiger charge is 2.50. The fourth-order valence-corrected chi connectivity index (χ4v) is 3.96. The number of fused-ring (bicyclic) bond motifs is 1. The summed E-state index contributed by atoms with van der Waals surface area (Å²) < 4.78 is 27.2. The number of amides is 1. The molecule has 3 aromatic rings. The van der Waals surface area contributed by atoms with Crippen molar-refractivity contribution in [3.05, 3.63) is 69.6 Å². The van der Waals surface area contributed by atoms with Crippen LogP contribution in [0, 0.1) is 11.3 Å². The molecule has 1 aliphatic carbocycles. The Morgan fingerprint density at radius 2 is 2.06 bits per heavy atom. The van der Waals surface area contributed by atoms with E-state index in [9.17, 15) is 18.4 Å². The molecule has 32 heavy (non-hydrogen) atoms. The molecule has 2 heterocycles. The van der Waals surface area contributed by atoms with Gasteiger partial charge in [0.05, 0.1) is 11.6 Å². The number of ether oxygens (including phenoxy) is 1. The van der Waals surface area contributed by atoms with Crippen molar-refractivity contribution in [1.29, 1.82) is 5.26 Å². The molecule has 0 aliphatic heterocycles. The first-order chi connectivity index (χ1) is 15.3. The molecule has 1 atom stereocenters. The Hall–Kier alpha value is -3.55. The van der Waals surface area contributed by atoms with Crippen LogP contribution in [0.2, 0.25) is 0 Å². The van der Waals surface area contributed by atoms with Gasteiger partial charge >= 0.3 is 0 Å². The highest BCUT2D eigenvalue weighted by atomic mass is 32.2.